The molecule has 0 bridgehead atoms. The quantitative estimate of drug-likeness (QED) is 0.356. The minimum atomic E-state index is -4.78. The van der Waals surface area contributed by atoms with Crippen LogP contribution in [0.5, 0.6) is 5.75 Å². The summed E-state index contributed by atoms with van der Waals surface area (Å²) in [5.74, 6) is -0.462. The summed E-state index contributed by atoms with van der Waals surface area (Å²) in [5, 5.41) is 6.06. The van der Waals surface area contributed by atoms with Gasteiger partial charge in [-0.25, -0.2) is 18.4 Å². The van der Waals surface area contributed by atoms with Gasteiger partial charge in [0.25, 0.3) is 5.91 Å². The lowest BCUT2D eigenvalue weighted by atomic mass is 10.2. The van der Waals surface area contributed by atoms with Crippen molar-refractivity contribution in [1.29, 1.82) is 0 Å². The minimum Gasteiger partial charge on any atom is -0.406 e. The third-order valence-electron chi connectivity index (χ3n) is 5.09. The van der Waals surface area contributed by atoms with Crippen LogP contribution in [0.25, 0.3) is 21.3 Å². The molecular formula is C21H20F3N5O4S2. The molecule has 14 heteroatoms. The number of imidazole rings is 1. The number of halogens is 3. The molecule has 4 aromatic rings. The van der Waals surface area contributed by atoms with E-state index in [1.807, 2.05) is 0 Å². The summed E-state index contributed by atoms with van der Waals surface area (Å²) in [7, 11) is -1.43. The molecule has 0 saturated heterocycles. The largest absolute Gasteiger partial charge is 0.573 e. The molecule has 0 aliphatic carbocycles. The zero-order valence-corrected chi connectivity index (χ0v) is 20.1. The number of alkyl halides is 3. The van der Waals surface area contributed by atoms with Gasteiger partial charge in [0.1, 0.15) is 5.75 Å². The number of aromatic nitrogens is 3. The highest BCUT2D eigenvalue weighted by Crippen LogP contribution is 2.33. The van der Waals surface area contributed by atoms with Gasteiger partial charge in [0, 0.05) is 31.0 Å². The van der Waals surface area contributed by atoms with Gasteiger partial charge in [-0.05, 0) is 30.3 Å². The van der Waals surface area contributed by atoms with Crippen molar-refractivity contribution in [3.8, 4) is 5.75 Å². The molecule has 0 aliphatic rings. The Morgan fingerprint density at radius 1 is 1.14 bits per heavy atom. The molecule has 2 aromatic heterocycles. The standard InChI is InChI=1S/C21H20F3N5O4S2/c1-3-35(31,32)9-8-25-18(30)12-4-7-16-15(10-12)26-19(29(16)2)28-20-27-14-6-5-13(11-17(14)34-20)33-21(22,23)24/h4-7,10-11H,3,8-9H2,1-2H3,(H,25,30)(H,26,27,28). The number of nitrogens with one attached hydrogen (secondary N) is 2. The van der Waals surface area contributed by atoms with Crippen LogP contribution in [0, 0.1) is 0 Å². The highest BCUT2D eigenvalue weighted by atomic mass is 32.2. The molecule has 35 heavy (non-hydrogen) atoms. The van der Waals surface area contributed by atoms with E-state index in [1.54, 1.807) is 36.7 Å². The topological polar surface area (TPSA) is 115 Å². The normalized spacial score (nSPS) is 12.3. The lowest BCUT2D eigenvalue weighted by Crippen LogP contribution is -2.29. The number of carbonyl (C=O) groups is 1. The van der Waals surface area contributed by atoms with Crippen molar-refractivity contribution >= 4 is 59.4 Å². The van der Waals surface area contributed by atoms with Gasteiger partial charge in [0.15, 0.2) is 15.0 Å². The number of anilines is 2. The lowest BCUT2D eigenvalue weighted by Gasteiger charge is -2.07. The Kier molecular flexibility index (Phi) is 6.60. The van der Waals surface area contributed by atoms with E-state index in [1.165, 1.54) is 18.2 Å². The third kappa shape index (κ3) is 5.82. The van der Waals surface area contributed by atoms with E-state index < -0.39 is 22.1 Å². The Morgan fingerprint density at radius 2 is 1.91 bits per heavy atom. The summed E-state index contributed by atoms with van der Waals surface area (Å²) in [6.45, 7) is 1.56. The van der Waals surface area contributed by atoms with Crippen LogP contribution in [0.15, 0.2) is 36.4 Å². The maximum atomic E-state index is 12.5. The maximum absolute atomic E-state index is 12.5. The molecule has 0 spiro atoms. The average molecular weight is 528 g/mol. The summed E-state index contributed by atoms with van der Waals surface area (Å²) in [5.41, 5.74) is 2.06. The molecule has 2 heterocycles. The first kappa shape index (κ1) is 24.7. The van der Waals surface area contributed by atoms with Crippen molar-refractivity contribution in [1.82, 2.24) is 19.9 Å². The monoisotopic (exact) mass is 527 g/mol. The Morgan fingerprint density at radius 3 is 2.63 bits per heavy atom. The molecule has 9 nitrogen and oxygen atoms in total. The molecule has 186 valence electrons. The van der Waals surface area contributed by atoms with E-state index in [4.69, 9.17) is 0 Å². The summed E-state index contributed by atoms with van der Waals surface area (Å²) < 4.78 is 66.8. The summed E-state index contributed by atoms with van der Waals surface area (Å²) in [6, 6.07) is 8.80. The number of ether oxygens (including phenoxy) is 1. The second-order valence-electron chi connectivity index (χ2n) is 7.51. The summed E-state index contributed by atoms with van der Waals surface area (Å²) >= 11 is 1.14. The van der Waals surface area contributed by atoms with E-state index in [-0.39, 0.29) is 23.8 Å². The Balaban J connectivity index is 1.51. The zero-order chi connectivity index (χ0) is 25.4. The first-order chi connectivity index (χ1) is 16.4. The van der Waals surface area contributed by atoms with Gasteiger partial charge < -0.3 is 19.9 Å². The van der Waals surface area contributed by atoms with Gasteiger partial charge >= 0.3 is 6.36 Å². The number of amides is 1. The van der Waals surface area contributed by atoms with E-state index in [0.29, 0.717) is 32.4 Å². The smallest absolute Gasteiger partial charge is 0.406 e. The molecule has 0 unspecified atom stereocenters. The van der Waals surface area contributed by atoms with Gasteiger partial charge in [-0.2, -0.15) is 0 Å². The maximum Gasteiger partial charge on any atom is 0.573 e. The van der Waals surface area contributed by atoms with Crippen LogP contribution >= 0.6 is 11.3 Å². The number of fused-ring (bicyclic) bond motifs is 2. The first-order valence-corrected chi connectivity index (χ1v) is 13.0. The van der Waals surface area contributed by atoms with Crippen LogP contribution in [0.2, 0.25) is 0 Å². The predicted molar refractivity (Wildman–Crippen MR) is 127 cm³/mol. The third-order valence-corrected chi connectivity index (χ3v) is 7.73. The highest BCUT2D eigenvalue weighted by molar-refractivity contribution is 7.91. The lowest BCUT2D eigenvalue weighted by molar-refractivity contribution is -0.274. The molecule has 2 aromatic carbocycles. The van der Waals surface area contributed by atoms with E-state index in [0.717, 1.165) is 16.9 Å². The molecular weight excluding hydrogens is 507 g/mol. The molecule has 0 fully saturated rings. The van der Waals surface area contributed by atoms with Crippen LogP contribution in [0.4, 0.5) is 24.3 Å². The minimum absolute atomic E-state index is 0.00932. The average Bonchev–Trinajstić information content (AvgIpc) is 3.32. The molecule has 1 amide bonds. The number of benzene rings is 2. The zero-order valence-electron chi connectivity index (χ0n) is 18.5. The Labute approximate surface area is 201 Å². The number of hydrogen-bond donors (Lipinski definition) is 2. The number of aryl methyl sites for hydroxylation is 1. The van der Waals surface area contributed by atoms with Crippen LogP contribution in [0.3, 0.4) is 0 Å². The highest BCUT2D eigenvalue weighted by Gasteiger charge is 2.31. The van der Waals surface area contributed by atoms with Crippen molar-refractivity contribution in [2.24, 2.45) is 7.05 Å². The fourth-order valence-corrected chi connectivity index (χ4v) is 4.86. The first-order valence-electron chi connectivity index (χ1n) is 10.3. The molecule has 4 rings (SSSR count). The fourth-order valence-electron chi connectivity index (χ4n) is 3.27. The molecule has 2 N–H and O–H groups in total. The molecule has 0 atom stereocenters. The molecule has 0 radical (unpaired) electrons. The van der Waals surface area contributed by atoms with Gasteiger partial charge in [-0.1, -0.05) is 18.3 Å². The van der Waals surface area contributed by atoms with Crippen LogP contribution in [-0.2, 0) is 16.9 Å². The van der Waals surface area contributed by atoms with E-state index in [2.05, 4.69) is 25.3 Å². The molecule has 0 saturated carbocycles. The van der Waals surface area contributed by atoms with Gasteiger partial charge in [0.05, 0.1) is 27.0 Å². The Bertz CT molecular complexity index is 1510. The molecule has 0 aliphatic heterocycles. The van der Waals surface area contributed by atoms with Crippen LogP contribution in [0.1, 0.15) is 17.3 Å². The van der Waals surface area contributed by atoms with Crippen molar-refractivity contribution in [2.45, 2.75) is 13.3 Å². The van der Waals surface area contributed by atoms with Crippen molar-refractivity contribution in [2.75, 3.05) is 23.4 Å². The van der Waals surface area contributed by atoms with Gasteiger partial charge in [-0.3, -0.25) is 4.79 Å². The number of carbonyl (C=O) groups excluding carboxylic acids is 1. The second kappa shape index (κ2) is 9.34. The van der Waals surface area contributed by atoms with Gasteiger partial charge in [0.2, 0.25) is 5.95 Å². The Hall–Kier alpha value is -3.39. The van der Waals surface area contributed by atoms with Crippen molar-refractivity contribution in [3.63, 3.8) is 0 Å². The van der Waals surface area contributed by atoms with Crippen molar-refractivity contribution in [3.05, 3.63) is 42.0 Å². The number of thiazole rings is 1. The van der Waals surface area contributed by atoms with Gasteiger partial charge in [-0.15, -0.1) is 13.2 Å². The van der Waals surface area contributed by atoms with Crippen LogP contribution in [-0.4, -0.2) is 53.3 Å². The summed E-state index contributed by atoms with van der Waals surface area (Å²) in [6.07, 6.45) is -4.78. The van der Waals surface area contributed by atoms with E-state index in [9.17, 15) is 26.4 Å². The summed E-state index contributed by atoms with van der Waals surface area (Å²) in [4.78, 5) is 21.3. The predicted octanol–water partition coefficient (Wildman–Crippen LogP) is 3.99. The SMILES string of the molecule is CCS(=O)(=O)CCNC(=O)c1ccc2c(c1)nc(Nc1nc3ccc(OC(F)(F)F)cc3s1)n2C. The van der Waals surface area contributed by atoms with E-state index >= 15 is 0 Å². The van der Waals surface area contributed by atoms with Crippen molar-refractivity contribution < 1.29 is 31.1 Å². The van der Waals surface area contributed by atoms with Crippen LogP contribution < -0.4 is 15.4 Å². The number of sulfone groups is 1. The number of rotatable bonds is 8. The second-order valence-corrected chi connectivity index (χ2v) is 11.0. The number of nitrogens with zero attached hydrogens (tertiary/aromatic N) is 3. The fraction of sp³-hybridized carbons (Fsp3) is 0.286. The number of hydrogen-bond acceptors (Lipinski definition) is 8.